The SMILES string of the molecule is C=C/C=C(C=NSC)/C=C/C. The van der Waals surface area contributed by atoms with Crippen molar-refractivity contribution in [2.45, 2.75) is 6.92 Å². The smallest absolute Gasteiger partial charge is 0.0423 e. The number of nitrogens with zero attached hydrogens (tertiary/aromatic N) is 1. The zero-order chi connectivity index (χ0) is 8.53. The molecule has 0 spiro atoms. The molecule has 0 saturated carbocycles. The monoisotopic (exact) mass is 167 g/mol. The Morgan fingerprint density at radius 1 is 1.55 bits per heavy atom. The molecule has 11 heavy (non-hydrogen) atoms. The highest BCUT2D eigenvalue weighted by Gasteiger charge is 1.81. The van der Waals surface area contributed by atoms with Gasteiger partial charge in [0.15, 0.2) is 0 Å². The third kappa shape index (κ3) is 5.67. The fourth-order valence-corrected chi connectivity index (χ4v) is 0.811. The van der Waals surface area contributed by atoms with Crippen LogP contribution in [0.15, 0.2) is 40.9 Å². The Morgan fingerprint density at radius 3 is 2.73 bits per heavy atom. The van der Waals surface area contributed by atoms with Crippen LogP contribution in [-0.4, -0.2) is 12.5 Å². The van der Waals surface area contributed by atoms with E-state index in [1.54, 1.807) is 6.08 Å². The summed E-state index contributed by atoms with van der Waals surface area (Å²) in [5.41, 5.74) is 1.07. The third-order valence-electron chi connectivity index (χ3n) is 0.977. The van der Waals surface area contributed by atoms with E-state index in [0.717, 1.165) is 5.57 Å². The van der Waals surface area contributed by atoms with Crippen LogP contribution in [0.3, 0.4) is 0 Å². The zero-order valence-corrected chi connectivity index (χ0v) is 7.77. The number of rotatable bonds is 4. The van der Waals surface area contributed by atoms with E-state index in [2.05, 4.69) is 11.0 Å². The lowest BCUT2D eigenvalue weighted by molar-refractivity contribution is 1.68. The van der Waals surface area contributed by atoms with Crippen molar-refractivity contribution in [1.29, 1.82) is 0 Å². The van der Waals surface area contributed by atoms with E-state index in [1.807, 2.05) is 37.6 Å². The van der Waals surface area contributed by atoms with Crippen molar-refractivity contribution < 1.29 is 0 Å². The Bertz CT molecular complexity index is 190. The number of hydrogen-bond acceptors (Lipinski definition) is 2. The van der Waals surface area contributed by atoms with Gasteiger partial charge < -0.3 is 0 Å². The summed E-state index contributed by atoms with van der Waals surface area (Å²) in [4.78, 5) is 0. The summed E-state index contributed by atoms with van der Waals surface area (Å²) in [6.07, 6.45) is 11.4. The van der Waals surface area contributed by atoms with Crippen LogP contribution in [0, 0.1) is 0 Å². The van der Waals surface area contributed by atoms with Crippen molar-refractivity contribution in [3.63, 3.8) is 0 Å². The van der Waals surface area contributed by atoms with Crippen LogP contribution in [0.5, 0.6) is 0 Å². The molecule has 0 aliphatic carbocycles. The molecule has 0 atom stereocenters. The van der Waals surface area contributed by atoms with Crippen molar-refractivity contribution in [2.24, 2.45) is 4.40 Å². The highest BCUT2D eigenvalue weighted by atomic mass is 32.2. The summed E-state index contributed by atoms with van der Waals surface area (Å²) in [6.45, 7) is 5.59. The quantitative estimate of drug-likeness (QED) is 0.356. The first-order chi connectivity index (χ1) is 5.35. The highest BCUT2D eigenvalue weighted by molar-refractivity contribution is 7.97. The normalized spacial score (nSPS) is 13.1. The highest BCUT2D eigenvalue weighted by Crippen LogP contribution is 1.98. The van der Waals surface area contributed by atoms with Crippen molar-refractivity contribution in [3.8, 4) is 0 Å². The Morgan fingerprint density at radius 2 is 2.27 bits per heavy atom. The molecule has 0 aliphatic rings. The van der Waals surface area contributed by atoms with Crippen LogP contribution in [0.4, 0.5) is 0 Å². The molecule has 0 heterocycles. The molecular weight excluding hydrogens is 154 g/mol. The largest absolute Gasteiger partial charge is 0.224 e. The number of allylic oxidation sites excluding steroid dienone is 5. The first-order valence-electron chi connectivity index (χ1n) is 3.37. The summed E-state index contributed by atoms with van der Waals surface area (Å²) < 4.78 is 4.03. The van der Waals surface area contributed by atoms with Gasteiger partial charge in [-0.3, -0.25) is 0 Å². The van der Waals surface area contributed by atoms with Crippen LogP contribution in [0.1, 0.15) is 6.92 Å². The molecule has 60 valence electrons. The predicted molar refractivity (Wildman–Crippen MR) is 55.1 cm³/mol. The molecular formula is C9H13NS. The molecule has 0 saturated heterocycles. The maximum Gasteiger partial charge on any atom is 0.0423 e. The molecule has 0 fully saturated rings. The summed E-state index contributed by atoms with van der Waals surface area (Å²) in [6, 6.07) is 0. The van der Waals surface area contributed by atoms with Crippen molar-refractivity contribution in [1.82, 2.24) is 0 Å². The van der Waals surface area contributed by atoms with E-state index < -0.39 is 0 Å². The molecule has 0 aliphatic heterocycles. The minimum Gasteiger partial charge on any atom is -0.224 e. The molecule has 0 aromatic rings. The molecule has 0 aromatic heterocycles. The molecule has 0 rings (SSSR count). The summed E-state index contributed by atoms with van der Waals surface area (Å²) in [7, 11) is 0. The Hall–Kier alpha value is -0.760. The van der Waals surface area contributed by atoms with E-state index in [0.29, 0.717) is 0 Å². The fourth-order valence-electron chi connectivity index (χ4n) is 0.584. The van der Waals surface area contributed by atoms with Gasteiger partial charge in [-0.2, -0.15) is 0 Å². The van der Waals surface area contributed by atoms with Gasteiger partial charge in [0, 0.05) is 12.5 Å². The summed E-state index contributed by atoms with van der Waals surface area (Å²) in [5.74, 6) is 0. The van der Waals surface area contributed by atoms with Crippen LogP contribution < -0.4 is 0 Å². The molecule has 0 bridgehead atoms. The van der Waals surface area contributed by atoms with E-state index in [-0.39, 0.29) is 0 Å². The fraction of sp³-hybridized carbons (Fsp3) is 0.222. The maximum atomic E-state index is 4.03. The molecule has 0 aromatic carbocycles. The summed E-state index contributed by atoms with van der Waals surface area (Å²) >= 11 is 1.44. The lowest BCUT2D eigenvalue weighted by Gasteiger charge is -1.88. The lowest BCUT2D eigenvalue weighted by Crippen LogP contribution is -1.76. The van der Waals surface area contributed by atoms with Gasteiger partial charge in [-0.05, 0) is 24.4 Å². The van der Waals surface area contributed by atoms with Crippen LogP contribution in [0.25, 0.3) is 0 Å². The first-order valence-corrected chi connectivity index (χ1v) is 4.55. The van der Waals surface area contributed by atoms with E-state index in [4.69, 9.17) is 0 Å². The van der Waals surface area contributed by atoms with Gasteiger partial charge in [-0.1, -0.05) is 30.9 Å². The van der Waals surface area contributed by atoms with Gasteiger partial charge in [0.1, 0.15) is 0 Å². The Labute approximate surface area is 72.7 Å². The van der Waals surface area contributed by atoms with Crippen LogP contribution >= 0.6 is 11.9 Å². The molecule has 1 nitrogen and oxygen atoms in total. The molecule has 2 heteroatoms. The van der Waals surface area contributed by atoms with Gasteiger partial charge in [-0.25, -0.2) is 4.40 Å². The lowest BCUT2D eigenvalue weighted by atomic mass is 10.2. The van der Waals surface area contributed by atoms with E-state index in [9.17, 15) is 0 Å². The molecule has 0 N–H and O–H groups in total. The standard InChI is InChI=1S/C9H13NS/c1-4-6-9(7-5-2)8-10-11-3/h4-8H,1H2,2-3H3/b7-5+,9-6-,10-8?. The van der Waals surface area contributed by atoms with Gasteiger partial charge >= 0.3 is 0 Å². The average molecular weight is 167 g/mol. The second-order valence-electron chi connectivity index (χ2n) is 1.82. The van der Waals surface area contributed by atoms with Crippen LogP contribution in [0.2, 0.25) is 0 Å². The minimum atomic E-state index is 1.07. The number of hydrogen-bond donors (Lipinski definition) is 0. The van der Waals surface area contributed by atoms with Gasteiger partial charge in [0.05, 0.1) is 0 Å². The Balaban J connectivity index is 4.22. The van der Waals surface area contributed by atoms with E-state index in [1.165, 1.54) is 11.9 Å². The summed E-state index contributed by atoms with van der Waals surface area (Å²) in [5, 5.41) is 0. The van der Waals surface area contributed by atoms with Gasteiger partial charge in [-0.15, -0.1) is 0 Å². The Kier molecular flexibility index (Phi) is 6.84. The third-order valence-corrected chi connectivity index (χ3v) is 1.29. The zero-order valence-electron chi connectivity index (χ0n) is 6.95. The average Bonchev–Trinajstić information content (AvgIpc) is 2.01. The van der Waals surface area contributed by atoms with Crippen LogP contribution in [-0.2, 0) is 0 Å². The first kappa shape index (κ1) is 10.2. The minimum absolute atomic E-state index is 1.07. The molecule has 0 unspecified atom stereocenters. The van der Waals surface area contributed by atoms with E-state index >= 15 is 0 Å². The predicted octanol–water partition coefficient (Wildman–Crippen LogP) is 3.02. The second-order valence-corrected chi connectivity index (χ2v) is 2.40. The maximum absolute atomic E-state index is 4.03. The molecule has 0 amide bonds. The van der Waals surface area contributed by atoms with Gasteiger partial charge in [0.2, 0.25) is 0 Å². The van der Waals surface area contributed by atoms with Crippen molar-refractivity contribution in [3.05, 3.63) is 36.5 Å². The van der Waals surface area contributed by atoms with Crippen molar-refractivity contribution >= 4 is 18.2 Å². The van der Waals surface area contributed by atoms with Gasteiger partial charge in [0.25, 0.3) is 0 Å². The molecule has 0 radical (unpaired) electrons. The second kappa shape index (κ2) is 7.35. The van der Waals surface area contributed by atoms with Crippen molar-refractivity contribution in [2.75, 3.05) is 6.26 Å². The topological polar surface area (TPSA) is 12.4 Å².